The van der Waals surface area contributed by atoms with E-state index in [2.05, 4.69) is 30.9 Å². The molecular formula is C22H26ClNO. The van der Waals surface area contributed by atoms with Crippen molar-refractivity contribution in [3.05, 3.63) is 70.7 Å². The Kier molecular flexibility index (Phi) is 5.61. The van der Waals surface area contributed by atoms with Gasteiger partial charge in [-0.15, -0.1) is 0 Å². The van der Waals surface area contributed by atoms with Crippen molar-refractivity contribution in [2.45, 2.75) is 32.6 Å². The van der Waals surface area contributed by atoms with Crippen molar-refractivity contribution in [2.24, 2.45) is 5.41 Å². The zero-order valence-corrected chi connectivity index (χ0v) is 15.8. The molecule has 1 fully saturated rings. The fourth-order valence-electron chi connectivity index (χ4n) is 3.85. The van der Waals surface area contributed by atoms with Gasteiger partial charge >= 0.3 is 0 Å². The van der Waals surface area contributed by atoms with Crippen LogP contribution in [0.1, 0.15) is 48.5 Å². The fraction of sp³-hybridized carbons (Fsp3) is 0.409. The lowest BCUT2D eigenvalue weighted by Crippen LogP contribution is -2.29. The molecule has 0 aliphatic heterocycles. The Balaban J connectivity index is 1.85. The number of hydrogen-bond donors (Lipinski definition) is 0. The average molecular weight is 356 g/mol. The van der Waals surface area contributed by atoms with Gasteiger partial charge in [-0.2, -0.15) is 0 Å². The Morgan fingerprint density at radius 2 is 1.72 bits per heavy atom. The molecule has 0 amide bonds. The first-order valence-corrected chi connectivity index (χ1v) is 9.56. The first-order chi connectivity index (χ1) is 12.1. The summed E-state index contributed by atoms with van der Waals surface area (Å²) in [6, 6.07) is 17.7. The molecule has 0 saturated heterocycles. The SMILES string of the molecule is CCN(CC)CCC1(C(=O)c2ccccc2)CC1c1ccc(Cl)cc1. The number of carbonyl (C=O) groups excluding carboxylic acids is 1. The van der Waals surface area contributed by atoms with Crippen LogP contribution in [0.4, 0.5) is 0 Å². The van der Waals surface area contributed by atoms with Gasteiger partial charge in [0.1, 0.15) is 0 Å². The van der Waals surface area contributed by atoms with Crippen LogP contribution in [0, 0.1) is 5.41 Å². The van der Waals surface area contributed by atoms with E-state index >= 15 is 0 Å². The highest BCUT2D eigenvalue weighted by Crippen LogP contribution is 2.63. The Labute approximate surface area is 155 Å². The van der Waals surface area contributed by atoms with E-state index in [4.69, 9.17) is 11.6 Å². The normalized spacial score (nSPS) is 22.2. The number of benzene rings is 2. The summed E-state index contributed by atoms with van der Waals surface area (Å²) in [5.41, 5.74) is 1.80. The summed E-state index contributed by atoms with van der Waals surface area (Å²) < 4.78 is 0. The molecule has 0 heterocycles. The summed E-state index contributed by atoms with van der Waals surface area (Å²) >= 11 is 6.03. The van der Waals surface area contributed by atoms with Crippen molar-refractivity contribution >= 4 is 17.4 Å². The lowest BCUT2D eigenvalue weighted by molar-refractivity contribution is 0.0875. The minimum Gasteiger partial charge on any atom is -0.304 e. The van der Waals surface area contributed by atoms with Gasteiger partial charge in [-0.05, 0) is 56.1 Å². The maximum atomic E-state index is 13.3. The highest BCUT2D eigenvalue weighted by atomic mass is 35.5. The van der Waals surface area contributed by atoms with E-state index in [0.717, 1.165) is 43.1 Å². The summed E-state index contributed by atoms with van der Waals surface area (Å²) in [7, 11) is 0. The van der Waals surface area contributed by atoms with Gasteiger partial charge < -0.3 is 4.90 Å². The summed E-state index contributed by atoms with van der Waals surface area (Å²) in [4.78, 5) is 15.7. The lowest BCUT2D eigenvalue weighted by atomic mass is 9.87. The third-order valence-corrected chi connectivity index (χ3v) is 5.86. The summed E-state index contributed by atoms with van der Waals surface area (Å²) in [5.74, 6) is 0.591. The van der Waals surface area contributed by atoms with E-state index in [0.29, 0.717) is 11.7 Å². The van der Waals surface area contributed by atoms with Crippen LogP contribution >= 0.6 is 11.6 Å². The minimum atomic E-state index is -0.266. The maximum Gasteiger partial charge on any atom is 0.169 e. The smallest absolute Gasteiger partial charge is 0.169 e. The molecule has 2 aromatic carbocycles. The van der Waals surface area contributed by atoms with Crippen molar-refractivity contribution in [3.8, 4) is 0 Å². The molecule has 0 spiro atoms. The Morgan fingerprint density at radius 3 is 2.32 bits per heavy atom. The van der Waals surface area contributed by atoms with Gasteiger partial charge in [0, 0.05) is 16.0 Å². The second kappa shape index (κ2) is 7.72. The molecule has 1 aliphatic rings. The van der Waals surface area contributed by atoms with E-state index in [1.165, 1.54) is 5.56 Å². The molecular weight excluding hydrogens is 330 g/mol. The molecule has 25 heavy (non-hydrogen) atoms. The largest absolute Gasteiger partial charge is 0.304 e. The standard InChI is InChI=1S/C22H26ClNO/c1-3-24(4-2)15-14-22(21(25)18-8-6-5-7-9-18)16-20(22)17-10-12-19(23)13-11-17/h5-13,20H,3-4,14-16H2,1-2H3. The maximum absolute atomic E-state index is 13.3. The first-order valence-electron chi connectivity index (χ1n) is 9.18. The zero-order chi connectivity index (χ0) is 17.9. The molecule has 1 aliphatic carbocycles. The van der Waals surface area contributed by atoms with Crippen LogP contribution in [0.2, 0.25) is 5.02 Å². The molecule has 0 N–H and O–H groups in total. The number of halogens is 1. The average Bonchev–Trinajstić information content (AvgIpc) is 3.39. The highest BCUT2D eigenvalue weighted by Gasteiger charge is 2.59. The van der Waals surface area contributed by atoms with Gasteiger partial charge in [0.05, 0.1) is 0 Å². The van der Waals surface area contributed by atoms with Crippen molar-refractivity contribution < 1.29 is 4.79 Å². The third-order valence-electron chi connectivity index (χ3n) is 5.60. The molecule has 2 atom stereocenters. The van der Waals surface area contributed by atoms with Crippen LogP contribution in [-0.2, 0) is 0 Å². The van der Waals surface area contributed by atoms with Crippen LogP contribution < -0.4 is 0 Å². The topological polar surface area (TPSA) is 20.3 Å². The van der Waals surface area contributed by atoms with E-state index in [1.54, 1.807) is 0 Å². The van der Waals surface area contributed by atoms with Crippen LogP contribution in [0.25, 0.3) is 0 Å². The van der Waals surface area contributed by atoms with Gasteiger partial charge in [-0.25, -0.2) is 0 Å². The number of rotatable bonds is 8. The molecule has 1 saturated carbocycles. The van der Waals surface area contributed by atoms with Gasteiger partial charge in [0.15, 0.2) is 5.78 Å². The van der Waals surface area contributed by atoms with Gasteiger partial charge in [-0.1, -0.05) is 67.9 Å². The Morgan fingerprint density at radius 1 is 1.08 bits per heavy atom. The molecule has 3 rings (SSSR count). The molecule has 2 aromatic rings. The van der Waals surface area contributed by atoms with Gasteiger partial charge in [0.25, 0.3) is 0 Å². The number of hydrogen-bond acceptors (Lipinski definition) is 2. The molecule has 0 aromatic heterocycles. The minimum absolute atomic E-state index is 0.266. The van der Waals surface area contributed by atoms with Gasteiger partial charge in [0.2, 0.25) is 0 Å². The van der Waals surface area contributed by atoms with Crippen molar-refractivity contribution in [1.29, 1.82) is 0 Å². The number of nitrogens with zero attached hydrogens (tertiary/aromatic N) is 1. The summed E-state index contributed by atoms with van der Waals surface area (Å²) in [5, 5.41) is 0.743. The van der Waals surface area contributed by atoms with E-state index in [1.807, 2.05) is 42.5 Å². The number of Topliss-reactive ketones (excluding diaryl/α,β-unsaturated/α-hetero) is 1. The molecule has 3 heteroatoms. The summed E-state index contributed by atoms with van der Waals surface area (Å²) in [6.45, 7) is 7.38. The van der Waals surface area contributed by atoms with Crippen molar-refractivity contribution in [1.82, 2.24) is 4.90 Å². The highest BCUT2D eigenvalue weighted by molar-refractivity contribution is 6.30. The van der Waals surface area contributed by atoms with Crippen LogP contribution in [-0.4, -0.2) is 30.3 Å². The number of carbonyl (C=O) groups is 1. The van der Waals surface area contributed by atoms with Gasteiger partial charge in [-0.3, -0.25) is 4.79 Å². The number of ketones is 1. The molecule has 0 bridgehead atoms. The monoisotopic (exact) mass is 355 g/mol. The summed E-state index contributed by atoms with van der Waals surface area (Å²) in [6.07, 6.45) is 1.85. The van der Waals surface area contributed by atoms with E-state index in [9.17, 15) is 4.79 Å². The Bertz CT molecular complexity index is 709. The molecule has 132 valence electrons. The predicted molar refractivity (Wildman–Crippen MR) is 104 cm³/mol. The van der Waals surface area contributed by atoms with Crippen LogP contribution in [0.15, 0.2) is 54.6 Å². The van der Waals surface area contributed by atoms with Crippen LogP contribution in [0.5, 0.6) is 0 Å². The first kappa shape index (κ1) is 18.2. The van der Waals surface area contributed by atoms with Crippen molar-refractivity contribution in [3.63, 3.8) is 0 Å². The van der Waals surface area contributed by atoms with E-state index in [-0.39, 0.29) is 5.41 Å². The molecule has 2 unspecified atom stereocenters. The zero-order valence-electron chi connectivity index (χ0n) is 15.0. The Hall–Kier alpha value is -1.64. The van der Waals surface area contributed by atoms with Crippen molar-refractivity contribution in [2.75, 3.05) is 19.6 Å². The lowest BCUT2D eigenvalue weighted by Gasteiger charge is -2.23. The van der Waals surface area contributed by atoms with Crippen LogP contribution in [0.3, 0.4) is 0 Å². The second-order valence-corrected chi connectivity index (χ2v) is 7.37. The molecule has 0 radical (unpaired) electrons. The molecule has 2 nitrogen and oxygen atoms in total. The second-order valence-electron chi connectivity index (χ2n) is 6.94. The quantitative estimate of drug-likeness (QED) is 0.588. The van der Waals surface area contributed by atoms with E-state index < -0.39 is 0 Å². The predicted octanol–water partition coefficient (Wildman–Crippen LogP) is 5.43. The third kappa shape index (κ3) is 3.80. The fourth-order valence-corrected chi connectivity index (χ4v) is 3.98.